The van der Waals surface area contributed by atoms with Crippen molar-refractivity contribution in [1.29, 1.82) is 0 Å². The van der Waals surface area contributed by atoms with Crippen molar-refractivity contribution in [3.05, 3.63) is 34.6 Å². The zero-order chi connectivity index (χ0) is 9.14. The SMILES string of the molecule is CN(O)Cc1cccc(Cl)c1F. The molecule has 2 nitrogen and oxygen atoms in total. The highest BCUT2D eigenvalue weighted by Crippen LogP contribution is 2.18. The first-order valence-electron chi connectivity index (χ1n) is 3.44. The first kappa shape index (κ1) is 9.45. The summed E-state index contributed by atoms with van der Waals surface area (Å²) in [7, 11) is 1.44. The second-order valence-electron chi connectivity index (χ2n) is 2.53. The average molecular weight is 190 g/mol. The van der Waals surface area contributed by atoms with E-state index < -0.39 is 5.82 Å². The summed E-state index contributed by atoms with van der Waals surface area (Å²) in [6, 6.07) is 4.69. The molecule has 66 valence electrons. The van der Waals surface area contributed by atoms with E-state index in [9.17, 15) is 4.39 Å². The van der Waals surface area contributed by atoms with Crippen molar-refractivity contribution in [2.45, 2.75) is 6.54 Å². The van der Waals surface area contributed by atoms with Crippen molar-refractivity contribution in [3.8, 4) is 0 Å². The van der Waals surface area contributed by atoms with E-state index >= 15 is 0 Å². The van der Waals surface area contributed by atoms with Gasteiger partial charge in [0.2, 0.25) is 0 Å². The van der Waals surface area contributed by atoms with E-state index in [0.29, 0.717) is 5.56 Å². The lowest BCUT2D eigenvalue weighted by molar-refractivity contribution is -0.0738. The lowest BCUT2D eigenvalue weighted by Crippen LogP contribution is -2.12. The maximum atomic E-state index is 13.1. The predicted molar refractivity (Wildman–Crippen MR) is 44.7 cm³/mol. The molecule has 1 rings (SSSR count). The number of hydrogen-bond acceptors (Lipinski definition) is 2. The molecule has 0 unspecified atom stereocenters. The van der Waals surface area contributed by atoms with Crippen molar-refractivity contribution in [1.82, 2.24) is 5.06 Å². The molecule has 0 atom stereocenters. The second-order valence-corrected chi connectivity index (χ2v) is 2.94. The maximum absolute atomic E-state index is 13.1. The van der Waals surface area contributed by atoms with Crippen LogP contribution in [0.25, 0.3) is 0 Å². The van der Waals surface area contributed by atoms with E-state index in [-0.39, 0.29) is 11.6 Å². The van der Waals surface area contributed by atoms with Gasteiger partial charge >= 0.3 is 0 Å². The van der Waals surface area contributed by atoms with Gasteiger partial charge < -0.3 is 5.21 Å². The van der Waals surface area contributed by atoms with Crippen LogP contribution in [0.3, 0.4) is 0 Å². The van der Waals surface area contributed by atoms with Gasteiger partial charge in [0, 0.05) is 12.6 Å². The van der Waals surface area contributed by atoms with Crippen LogP contribution in [-0.2, 0) is 6.54 Å². The monoisotopic (exact) mass is 189 g/mol. The molecule has 0 amide bonds. The fourth-order valence-electron chi connectivity index (χ4n) is 0.917. The third-order valence-corrected chi connectivity index (χ3v) is 1.72. The molecule has 0 aromatic heterocycles. The van der Waals surface area contributed by atoms with Gasteiger partial charge in [0.15, 0.2) is 0 Å². The number of benzene rings is 1. The Morgan fingerprint density at radius 1 is 1.58 bits per heavy atom. The zero-order valence-electron chi connectivity index (χ0n) is 6.59. The third-order valence-electron chi connectivity index (χ3n) is 1.43. The normalized spacial score (nSPS) is 10.8. The van der Waals surface area contributed by atoms with Crippen LogP contribution in [0.15, 0.2) is 18.2 Å². The van der Waals surface area contributed by atoms with Crippen LogP contribution >= 0.6 is 11.6 Å². The molecule has 0 aliphatic carbocycles. The van der Waals surface area contributed by atoms with E-state index in [2.05, 4.69) is 0 Å². The van der Waals surface area contributed by atoms with Crippen LogP contribution in [0.5, 0.6) is 0 Å². The number of hydroxylamine groups is 2. The van der Waals surface area contributed by atoms with Crippen molar-refractivity contribution in [2.75, 3.05) is 7.05 Å². The van der Waals surface area contributed by atoms with Crippen LogP contribution in [0.1, 0.15) is 5.56 Å². The molecular weight excluding hydrogens is 181 g/mol. The van der Waals surface area contributed by atoms with Gasteiger partial charge in [0.1, 0.15) is 5.82 Å². The van der Waals surface area contributed by atoms with Gasteiger partial charge in [-0.25, -0.2) is 4.39 Å². The highest BCUT2D eigenvalue weighted by molar-refractivity contribution is 6.30. The first-order chi connectivity index (χ1) is 5.61. The molecule has 4 heteroatoms. The van der Waals surface area contributed by atoms with Gasteiger partial charge in [-0.3, -0.25) is 0 Å². The summed E-state index contributed by atoms with van der Waals surface area (Å²) < 4.78 is 13.1. The molecule has 1 aromatic carbocycles. The number of hydrogen-bond donors (Lipinski definition) is 1. The molecule has 0 saturated heterocycles. The largest absolute Gasteiger partial charge is 0.314 e. The average Bonchev–Trinajstić information content (AvgIpc) is 1.98. The zero-order valence-corrected chi connectivity index (χ0v) is 7.35. The van der Waals surface area contributed by atoms with Gasteiger partial charge in [-0.1, -0.05) is 23.7 Å². The predicted octanol–water partition coefficient (Wildman–Crippen LogP) is 2.30. The van der Waals surface area contributed by atoms with E-state index in [1.165, 1.54) is 13.1 Å². The van der Waals surface area contributed by atoms with Crippen LogP contribution in [0.4, 0.5) is 4.39 Å². The smallest absolute Gasteiger partial charge is 0.146 e. The Morgan fingerprint density at radius 3 is 2.83 bits per heavy atom. The standard InChI is InChI=1S/C8H9ClFNO/c1-11(12)5-6-3-2-4-7(9)8(6)10/h2-4,12H,5H2,1H3. The fourth-order valence-corrected chi connectivity index (χ4v) is 1.11. The number of rotatable bonds is 2. The van der Waals surface area contributed by atoms with Crippen molar-refractivity contribution < 1.29 is 9.60 Å². The van der Waals surface area contributed by atoms with E-state index in [1.807, 2.05) is 0 Å². The highest BCUT2D eigenvalue weighted by Gasteiger charge is 2.06. The summed E-state index contributed by atoms with van der Waals surface area (Å²) in [6.45, 7) is 0.131. The minimum atomic E-state index is -0.472. The summed E-state index contributed by atoms with van der Waals surface area (Å²) in [5.41, 5.74) is 0.382. The lowest BCUT2D eigenvalue weighted by atomic mass is 10.2. The summed E-state index contributed by atoms with van der Waals surface area (Å²) >= 11 is 5.52. The highest BCUT2D eigenvalue weighted by atomic mass is 35.5. The van der Waals surface area contributed by atoms with Gasteiger partial charge in [0.25, 0.3) is 0 Å². The third kappa shape index (κ3) is 2.17. The number of nitrogens with zero attached hydrogens (tertiary/aromatic N) is 1. The molecule has 0 spiro atoms. The first-order valence-corrected chi connectivity index (χ1v) is 3.82. The lowest BCUT2D eigenvalue weighted by Gasteiger charge is -2.08. The summed E-state index contributed by atoms with van der Waals surface area (Å²) in [4.78, 5) is 0. The van der Waals surface area contributed by atoms with Gasteiger partial charge in [0.05, 0.1) is 11.6 Å². The van der Waals surface area contributed by atoms with Crippen LogP contribution in [0, 0.1) is 5.82 Å². The Balaban J connectivity index is 2.92. The Kier molecular flexibility index (Phi) is 3.03. The van der Waals surface area contributed by atoms with Crippen LogP contribution < -0.4 is 0 Å². The van der Waals surface area contributed by atoms with Crippen molar-refractivity contribution in [3.63, 3.8) is 0 Å². The Bertz CT molecular complexity index is 278. The molecule has 1 aromatic rings. The van der Waals surface area contributed by atoms with Gasteiger partial charge in [-0.2, -0.15) is 5.06 Å². The molecular formula is C8H9ClFNO. The van der Waals surface area contributed by atoms with E-state index in [4.69, 9.17) is 16.8 Å². The Hall–Kier alpha value is -0.640. The van der Waals surface area contributed by atoms with Crippen LogP contribution in [-0.4, -0.2) is 17.3 Å². The quantitative estimate of drug-likeness (QED) is 0.722. The minimum absolute atomic E-state index is 0.0781. The maximum Gasteiger partial charge on any atom is 0.146 e. The van der Waals surface area contributed by atoms with E-state index in [0.717, 1.165) is 5.06 Å². The minimum Gasteiger partial charge on any atom is -0.314 e. The number of halogens is 2. The van der Waals surface area contributed by atoms with Gasteiger partial charge in [-0.05, 0) is 6.07 Å². The molecule has 0 aliphatic heterocycles. The van der Waals surface area contributed by atoms with Crippen molar-refractivity contribution >= 4 is 11.6 Å². The van der Waals surface area contributed by atoms with Crippen LogP contribution in [0.2, 0.25) is 5.02 Å². The molecule has 0 bridgehead atoms. The molecule has 0 aliphatic rings. The molecule has 1 N–H and O–H groups in total. The Morgan fingerprint density at radius 2 is 2.25 bits per heavy atom. The molecule has 0 radical (unpaired) electrons. The topological polar surface area (TPSA) is 23.5 Å². The van der Waals surface area contributed by atoms with Crippen molar-refractivity contribution in [2.24, 2.45) is 0 Å². The van der Waals surface area contributed by atoms with E-state index in [1.54, 1.807) is 12.1 Å². The molecule has 12 heavy (non-hydrogen) atoms. The second kappa shape index (κ2) is 3.85. The molecule has 0 heterocycles. The fraction of sp³-hybridized carbons (Fsp3) is 0.250. The summed E-state index contributed by atoms with van der Waals surface area (Å²) in [5, 5.41) is 9.82. The molecule has 0 saturated carbocycles. The molecule has 0 fully saturated rings. The van der Waals surface area contributed by atoms with Gasteiger partial charge in [-0.15, -0.1) is 0 Å². The summed E-state index contributed by atoms with van der Waals surface area (Å²) in [5.74, 6) is -0.472. The Labute approximate surface area is 75.1 Å². The summed E-state index contributed by atoms with van der Waals surface area (Å²) in [6.07, 6.45) is 0.